The van der Waals surface area contributed by atoms with Gasteiger partial charge in [-0.3, -0.25) is 48.1 Å². The van der Waals surface area contributed by atoms with Crippen molar-refractivity contribution in [2.75, 3.05) is 19.8 Å². The van der Waals surface area contributed by atoms with Gasteiger partial charge in [-0.05, 0) is 73.4 Å². The third-order valence-corrected chi connectivity index (χ3v) is 10.9. The van der Waals surface area contributed by atoms with Crippen LogP contribution < -0.4 is 65.9 Å². The van der Waals surface area contributed by atoms with Crippen LogP contribution in [0.25, 0.3) is 0 Å². The Morgan fingerprint density at radius 1 is 0.500 bits per heavy atom. The monoisotopic (exact) mass is 1040 g/mol. The molecule has 0 aliphatic heterocycles. The number of nitrogens with one attached hydrogen (secondary N) is 7. The fourth-order valence-electron chi connectivity index (χ4n) is 6.91. The maximum absolute atomic E-state index is 14.2. The largest absolute Gasteiger partial charge is 0.508 e. The van der Waals surface area contributed by atoms with Crippen LogP contribution in [0.4, 0.5) is 0 Å². The lowest BCUT2D eigenvalue weighted by Gasteiger charge is -2.28. The maximum atomic E-state index is 14.2. The number of phenols is 2. The van der Waals surface area contributed by atoms with Crippen LogP contribution in [0.2, 0.25) is 0 Å². The number of benzene rings is 2. The second-order valence-electron chi connectivity index (χ2n) is 17.6. The quantitative estimate of drug-likeness (QED) is 0.0180. The molecule has 0 spiro atoms. The van der Waals surface area contributed by atoms with E-state index in [-0.39, 0.29) is 81.3 Å². The molecule has 2 aromatic carbocycles. The normalized spacial score (nSPS) is 14.2. The van der Waals surface area contributed by atoms with Crippen molar-refractivity contribution in [3.63, 3.8) is 0 Å². The highest BCUT2D eigenvalue weighted by molar-refractivity contribution is 5.98. The number of carbonyl (C=O) groups is 10. The Kier molecular flexibility index (Phi) is 26.3. The number of carboxylic acid groups (broad SMARTS) is 1. The molecule has 28 heteroatoms. The zero-order valence-electron chi connectivity index (χ0n) is 41.0. The lowest BCUT2D eigenvalue weighted by Crippen LogP contribution is -2.61. The molecule has 0 radical (unpaired) electrons. The molecule has 74 heavy (non-hydrogen) atoms. The number of amides is 9. The van der Waals surface area contributed by atoms with Gasteiger partial charge in [-0.2, -0.15) is 0 Å². The van der Waals surface area contributed by atoms with Gasteiger partial charge >= 0.3 is 5.97 Å². The van der Waals surface area contributed by atoms with Crippen LogP contribution in [0, 0.1) is 5.92 Å². The van der Waals surface area contributed by atoms with Crippen molar-refractivity contribution in [2.45, 2.75) is 120 Å². The predicted molar refractivity (Wildman–Crippen MR) is 263 cm³/mol. The van der Waals surface area contributed by atoms with Gasteiger partial charge in [-0.1, -0.05) is 38.1 Å². The number of aromatic hydroxyl groups is 2. The number of guanidine groups is 1. The van der Waals surface area contributed by atoms with E-state index in [1.807, 2.05) is 0 Å². The molecular weight excluding hydrogens is 975 g/mol. The summed E-state index contributed by atoms with van der Waals surface area (Å²) in [7, 11) is 0. The average molecular weight is 1040 g/mol. The van der Waals surface area contributed by atoms with Gasteiger partial charge in [0.15, 0.2) is 5.96 Å². The van der Waals surface area contributed by atoms with Crippen LogP contribution in [-0.2, 0) is 60.8 Å². The first-order chi connectivity index (χ1) is 34.8. The maximum Gasteiger partial charge on any atom is 0.328 e. The molecule has 0 fully saturated rings. The van der Waals surface area contributed by atoms with Crippen LogP contribution in [0.3, 0.4) is 0 Å². The minimum atomic E-state index is -1.80. The Bertz CT molecular complexity index is 2280. The summed E-state index contributed by atoms with van der Waals surface area (Å²) in [5.74, 6) is -11.0. The van der Waals surface area contributed by atoms with Crippen LogP contribution in [0.1, 0.15) is 69.9 Å². The van der Waals surface area contributed by atoms with Crippen LogP contribution >= 0.6 is 0 Å². The van der Waals surface area contributed by atoms with Crippen molar-refractivity contribution in [3.8, 4) is 11.5 Å². The number of nitrogens with zero attached hydrogens (tertiary/aromatic N) is 1. The molecule has 0 unspecified atom stereocenters. The molecule has 2 aromatic rings. The van der Waals surface area contributed by atoms with Crippen molar-refractivity contribution >= 4 is 65.1 Å². The lowest BCUT2D eigenvalue weighted by atomic mass is 10.00. The van der Waals surface area contributed by atoms with Gasteiger partial charge in [0.2, 0.25) is 53.2 Å². The number of primary amides is 2. The average Bonchev–Trinajstić information content (AvgIpc) is 3.33. The zero-order chi connectivity index (χ0) is 55.7. The second kappa shape index (κ2) is 31.4. The Hall–Kier alpha value is -8.11. The summed E-state index contributed by atoms with van der Waals surface area (Å²) in [6.45, 7) is 1.34. The molecular formula is C46H69N13O15. The summed E-state index contributed by atoms with van der Waals surface area (Å²) in [5, 5.41) is 66.0. The molecule has 0 aliphatic carbocycles. The van der Waals surface area contributed by atoms with Crippen molar-refractivity contribution in [1.82, 2.24) is 37.2 Å². The fourth-order valence-corrected chi connectivity index (χ4v) is 6.91. The van der Waals surface area contributed by atoms with E-state index < -0.39 is 127 Å². The number of aliphatic carboxylic acids is 1. The smallest absolute Gasteiger partial charge is 0.328 e. The van der Waals surface area contributed by atoms with Gasteiger partial charge in [-0.25, -0.2) is 4.79 Å². The fraction of sp³-hybridized carbons (Fsp3) is 0.500. The number of aliphatic imine (C=N–C) groups is 1. The first kappa shape index (κ1) is 62.0. The number of hydrogen-bond acceptors (Lipinski definition) is 16. The Labute approximate surface area is 425 Å². The summed E-state index contributed by atoms with van der Waals surface area (Å²) < 4.78 is 0. The highest BCUT2D eigenvalue weighted by Gasteiger charge is 2.35. The first-order valence-electron chi connectivity index (χ1n) is 23.3. The number of aliphatic hydroxyl groups is 2. The van der Waals surface area contributed by atoms with E-state index in [2.05, 4.69) is 42.2 Å². The third kappa shape index (κ3) is 23.0. The number of carbonyl (C=O) groups excluding carboxylic acids is 9. The third-order valence-electron chi connectivity index (χ3n) is 10.9. The van der Waals surface area contributed by atoms with E-state index in [9.17, 15) is 73.5 Å². The van der Waals surface area contributed by atoms with E-state index in [4.69, 9.17) is 28.7 Å². The van der Waals surface area contributed by atoms with Gasteiger partial charge in [0.25, 0.3) is 0 Å². The predicted octanol–water partition coefficient (Wildman–Crippen LogP) is -5.70. The molecule has 9 amide bonds. The lowest BCUT2D eigenvalue weighted by molar-refractivity contribution is -0.143. The molecule has 0 saturated carbocycles. The summed E-state index contributed by atoms with van der Waals surface area (Å²) in [6.07, 6.45) is -1.97. The summed E-state index contributed by atoms with van der Waals surface area (Å²) in [5.41, 5.74) is 27.9. The minimum Gasteiger partial charge on any atom is -0.508 e. The number of nitrogens with two attached hydrogens (primary N) is 5. The standard InChI is InChI=1S/C46H69N13O15/c1-23(2)18-31(41(69)57-32(19-24-5-9-26(62)10-6-24)42(70)54-29(4-3-17-52-46(50)51)39(67)59-35(22-61)45(73)74)55-44(72)34(21-60)58-43(71)33(20-25-7-11-27(63)12-8-25)56-40(68)30(14-16-37(49)65)53-38(66)28(47)13-15-36(48)64/h5-12,23,28-35,60-63H,3-4,13-22,47H2,1-2H3,(H2,48,64)(H2,49,65)(H,53,66)(H,54,70)(H,55,72)(H,56,68)(H,57,69)(H,58,71)(H,59,67)(H,73,74)(H4,50,51,52)/t28-,29-,30-,31-,32-,33-,34-,35-/m0/s1. The second-order valence-corrected chi connectivity index (χ2v) is 17.6. The van der Waals surface area contributed by atoms with Crippen LogP contribution in [0.5, 0.6) is 11.5 Å². The molecule has 408 valence electrons. The molecule has 0 bridgehead atoms. The number of hydrogen-bond donors (Lipinski definition) is 17. The van der Waals surface area contributed by atoms with Gasteiger partial charge in [0.1, 0.15) is 53.8 Å². The van der Waals surface area contributed by atoms with Gasteiger partial charge in [0, 0.05) is 32.2 Å². The van der Waals surface area contributed by atoms with E-state index in [1.165, 1.54) is 48.5 Å². The molecule has 0 saturated heterocycles. The van der Waals surface area contributed by atoms with Crippen molar-refractivity contribution < 1.29 is 73.5 Å². The molecule has 8 atom stereocenters. The van der Waals surface area contributed by atoms with Gasteiger partial charge < -0.3 is 91.4 Å². The highest BCUT2D eigenvalue weighted by atomic mass is 16.4. The van der Waals surface area contributed by atoms with Crippen molar-refractivity contribution in [3.05, 3.63) is 59.7 Å². The SMILES string of the molecule is CC(C)C[C@H](NC(=O)[C@H](CO)NC(=O)[C@H](Cc1ccc(O)cc1)NC(=O)[C@H](CCC(N)=O)NC(=O)[C@@H](N)CCC(N)=O)C(=O)N[C@@H](Cc1ccc(O)cc1)C(=O)N[C@@H](CCCN=C(N)N)C(=O)N[C@@H](CO)C(=O)O. The van der Waals surface area contributed by atoms with E-state index in [1.54, 1.807) is 13.8 Å². The van der Waals surface area contributed by atoms with E-state index >= 15 is 0 Å². The number of aliphatic hydroxyl groups excluding tert-OH is 2. The Balaban J connectivity index is 2.47. The zero-order valence-corrected chi connectivity index (χ0v) is 41.0. The van der Waals surface area contributed by atoms with Crippen LogP contribution in [0.15, 0.2) is 53.5 Å². The van der Waals surface area contributed by atoms with Gasteiger partial charge in [-0.15, -0.1) is 0 Å². The number of carboxylic acids is 1. The Morgan fingerprint density at radius 3 is 1.30 bits per heavy atom. The summed E-state index contributed by atoms with van der Waals surface area (Å²) in [4.78, 5) is 135. The molecule has 0 heterocycles. The van der Waals surface area contributed by atoms with Crippen LogP contribution in [-0.4, -0.2) is 159 Å². The molecule has 28 nitrogen and oxygen atoms in total. The van der Waals surface area contributed by atoms with Crippen molar-refractivity contribution in [1.29, 1.82) is 0 Å². The number of rotatable bonds is 33. The molecule has 0 aliphatic rings. The Morgan fingerprint density at radius 2 is 0.865 bits per heavy atom. The van der Waals surface area contributed by atoms with Crippen molar-refractivity contribution in [2.24, 2.45) is 39.6 Å². The first-order valence-corrected chi connectivity index (χ1v) is 23.3. The van der Waals surface area contributed by atoms with E-state index in [0.29, 0.717) is 11.1 Å². The summed E-state index contributed by atoms with van der Waals surface area (Å²) >= 11 is 0. The summed E-state index contributed by atoms with van der Waals surface area (Å²) in [6, 6.07) is -1.51. The van der Waals surface area contributed by atoms with Gasteiger partial charge in [0.05, 0.1) is 19.3 Å². The highest BCUT2D eigenvalue weighted by Crippen LogP contribution is 2.15. The minimum absolute atomic E-state index is 0.00645. The number of phenolic OH excluding ortho intramolecular Hbond substituents is 2. The topological polar surface area (TPSA) is 499 Å². The van der Waals surface area contributed by atoms with E-state index in [0.717, 1.165) is 0 Å². The molecule has 2 rings (SSSR count). The molecule has 0 aromatic heterocycles. The molecule has 22 N–H and O–H groups in total.